The van der Waals surface area contributed by atoms with Crippen molar-refractivity contribution in [1.29, 1.82) is 0 Å². The Morgan fingerprint density at radius 1 is 1.04 bits per heavy atom. The Morgan fingerprint density at radius 3 is 2.38 bits per heavy atom. The maximum absolute atomic E-state index is 12.6. The number of carbonyl (C=O) groups is 1. The van der Waals surface area contributed by atoms with Gasteiger partial charge in [-0.3, -0.25) is 4.79 Å². The molecule has 0 saturated carbocycles. The van der Waals surface area contributed by atoms with Crippen LogP contribution in [0.5, 0.6) is 0 Å². The lowest BCUT2D eigenvalue weighted by molar-refractivity contribution is -0.130. The van der Waals surface area contributed by atoms with Crippen molar-refractivity contribution in [3.8, 4) is 0 Å². The molecule has 0 unspecified atom stereocenters. The number of nitrogens with zero attached hydrogens (tertiary/aromatic N) is 1. The first-order valence-corrected chi connectivity index (χ1v) is 9.78. The van der Waals surface area contributed by atoms with Gasteiger partial charge in [-0.2, -0.15) is 0 Å². The van der Waals surface area contributed by atoms with E-state index < -0.39 is 0 Å². The second-order valence-electron chi connectivity index (χ2n) is 7.61. The quantitative estimate of drug-likeness (QED) is 0.819. The smallest absolute Gasteiger partial charge is 0.241 e. The number of nitrogens with one attached hydrogen (secondary N) is 1. The van der Waals surface area contributed by atoms with Gasteiger partial charge in [0.1, 0.15) is 0 Å². The van der Waals surface area contributed by atoms with Crippen molar-refractivity contribution >= 4 is 11.6 Å². The lowest BCUT2D eigenvalue weighted by Gasteiger charge is -2.32. The Hall–Kier alpha value is -2.29. The average molecular weight is 351 g/mol. The number of piperidine rings is 1. The molecule has 1 fully saturated rings. The lowest BCUT2D eigenvalue weighted by Crippen LogP contribution is -2.41. The van der Waals surface area contributed by atoms with E-state index in [-0.39, 0.29) is 5.91 Å². The predicted octanol–water partition coefficient (Wildman–Crippen LogP) is 4.70. The third-order valence-corrected chi connectivity index (χ3v) is 5.35. The number of para-hydroxylation sites is 1. The van der Waals surface area contributed by atoms with Gasteiger partial charge < -0.3 is 10.2 Å². The van der Waals surface area contributed by atoms with E-state index in [1.165, 1.54) is 11.1 Å². The Morgan fingerprint density at radius 2 is 1.69 bits per heavy atom. The van der Waals surface area contributed by atoms with Gasteiger partial charge in [-0.1, -0.05) is 62.4 Å². The fourth-order valence-electron chi connectivity index (χ4n) is 3.78. The van der Waals surface area contributed by atoms with Gasteiger partial charge in [0.15, 0.2) is 0 Å². The highest BCUT2D eigenvalue weighted by Gasteiger charge is 2.22. The highest BCUT2D eigenvalue weighted by atomic mass is 16.2. The van der Waals surface area contributed by atoms with Crippen molar-refractivity contribution < 1.29 is 4.79 Å². The summed E-state index contributed by atoms with van der Waals surface area (Å²) >= 11 is 0. The van der Waals surface area contributed by atoms with Gasteiger partial charge in [0, 0.05) is 18.8 Å². The minimum atomic E-state index is 0.210. The van der Waals surface area contributed by atoms with Gasteiger partial charge in [0.25, 0.3) is 0 Å². The van der Waals surface area contributed by atoms with E-state index in [4.69, 9.17) is 0 Å². The standard InChI is InChI=1S/C23H30N2O/c1-18(2)21-10-6-7-11-22(21)24-17-23(26)25-14-12-20(13-15-25)16-19-8-4-3-5-9-19/h3-11,18,20,24H,12-17H2,1-2H3. The van der Waals surface area contributed by atoms with Crippen molar-refractivity contribution in [2.24, 2.45) is 5.92 Å². The summed E-state index contributed by atoms with van der Waals surface area (Å²) in [7, 11) is 0. The van der Waals surface area contributed by atoms with Crippen LogP contribution in [0.15, 0.2) is 54.6 Å². The highest BCUT2D eigenvalue weighted by molar-refractivity contribution is 5.81. The lowest BCUT2D eigenvalue weighted by atomic mass is 9.90. The Kier molecular flexibility index (Phi) is 6.32. The fraction of sp³-hybridized carbons (Fsp3) is 0.435. The van der Waals surface area contributed by atoms with E-state index in [2.05, 4.69) is 67.7 Å². The largest absolute Gasteiger partial charge is 0.376 e. The molecule has 3 heteroatoms. The SMILES string of the molecule is CC(C)c1ccccc1NCC(=O)N1CCC(Cc2ccccc2)CC1. The van der Waals surface area contributed by atoms with Crippen LogP contribution in [-0.2, 0) is 11.2 Å². The average Bonchev–Trinajstić information content (AvgIpc) is 2.67. The first-order valence-electron chi connectivity index (χ1n) is 9.78. The molecule has 1 N–H and O–H groups in total. The van der Waals surface area contributed by atoms with Gasteiger partial charge in [-0.15, -0.1) is 0 Å². The van der Waals surface area contributed by atoms with Crippen molar-refractivity contribution in [3.63, 3.8) is 0 Å². The number of anilines is 1. The van der Waals surface area contributed by atoms with Gasteiger partial charge >= 0.3 is 0 Å². The molecule has 0 aliphatic carbocycles. The molecule has 1 aliphatic heterocycles. The maximum Gasteiger partial charge on any atom is 0.241 e. The number of likely N-dealkylation sites (tertiary alicyclic amines) is 1. The van der Waals surface area contributed by atoms with Crippen LogP contribution in [0.1, 0.15) is 43.7 Å². The van der Waals surface area contributed by atoms with Gasteiger partial charge in [0.2, 0.25) is 5.91 Å². The van der Waals surface area contributed by atoms with E-state index >= 15 is 0 Å². The van der Waals surface area contributed by atoms with Gasteiger partial charge in [-0.05, 0) is 48.3 Å². The molecule has 3 rings (SSSR count). The number of amides is 1. The van der Waals surface area contributed by atoms with Crippen molar-refractivity contribution in [3.05, 3.63) is 65.7 Å². The highest BCUT2D eigenvalue weighted by Crippen LogP contribution is 2.24. The topological polar surface area (TPSA) is 32.3 Å². The van der Waals surface area contributed by atoms with Crippen LogP contribution in [0.2, 0.25) is 0 Å². The molecule has 1 heterocycles. The third kappa shape index (κ3) is 4.87. The molecule has 0 aromatic heterocycles. The second-order valence-corrected chi connectivity index (χ2v) is 7.61. The van der Waals surface area contributed by atoms with Crippen LogP contribution < -0.4 is 5.32 Å². The molecule has 0 radical (unpaired) electrons. The van der Waals surface area contributed by atoms with E-state index in [1.807, 2.05) is 11.0 Å². The Labute approximate surface area is 157 Å². The van der Waals surface area contributed by atoms with E-state index in [9.17, 15) is 4.79 Å². The second kappa shape index (κ2) is 8.88. The molecule has 138 valence electrons. The first kappa shape index (κ1) is 18.5. The number of hydrogen-bond acceptors (Lipinski definition) is 2. The predicted molar refractivity (Wildman–Crippen MR) is 108 cm³/mol. The molecule has 3 nitrogen and oxygen atoms in total. The number of hydrogen-bond donors (Lipinski definition) is 1. The van der Waals surface area contributed by atoms with Gasteiger partial charge in [-0.25, -0.2) is 0 Å². The minimum absolute atomic E-state index is 0.210. The van der Waals surface area contributed by atoms with E-state index in [1.54, 1.807) is 0 Å². The molecule has 1 amide bonds. The zero-order valence-electron chi connectivity index (χ0n) is 15.9. The number of carbonyl (C=O) groups excluding carboxylic acids is 1. The van der Waals surface area contributed by atoms with Gasteiger partial charge in [0.05, 0.1) is 6.54 Å². The van der Waals surface area contributed by atoms with E-state index in [0.717, 1.165) is 38.0 Å². The van der Waals surface area contributed by atoms with E-state index in [0.29, 0.717) is 18.4 Å². The molecule has 26 heavy (non-hydrogen) atoms. The zero-order valence-corrected chi connectivity index (χ0v) is 15.9. The number of rotatable bonds is 6. The molecular formula is C23H30N2O. The summed E-state index contributed by atoms with van der Waals surface area (Å²) in [5.41, 5.74) is 3.75. The molecule has 0 spiro atoms. The molecule has 2 aromatic carbocycles. The molecule has 0 bridgehead atoms. The Bertz CT molecular complexity index is 703. The summed E-state index contributed by atoms with van der Waals surface area (Å²) in [6.07, 6.45) is 3.33. The van der Waals surface area contributed by atoms with Crippen molar-refractivity contribution in [2.45, 2.75) is 39.0 Å². The molecule has 0 atom stereocenters. The molecule has 2 aromatic rings. The van der Waals surface area contributed by atoms with Crippen molar-refractivity contribution in [2.75, 3.05) is 25.0 Å². The molecule has 1 aliphatic rings. The summed E-state index contributed by atoms with van der Waals surface area (Å²) in [6, 6.07) is 19.0. The summed E-state index contributed by atoms with van der Waals surface area (Å²) in [5.74, 6) is 1.35. The summed E-state index contributed by atoms with van der Waals surface area (Å²) in [4.78, 5) is 14.6. The van der Waals surface area contributed by atoms with Crippen LogP contribution in [0, 0.1) is 5.92 Å². The van der Waals surface area contributed by atoms with Crippen LogP contribution in [0.4, 0.5) is 5.69 Å². The molecular weight excluding hydrogens is 320 g/mol. The Balaban J connectivity index is 1.47. The van der Waals surface area contributed by atoms with Crippen LogP contribution in [-0.4, -0.2) is 30.4 Å². The number of benzene rings is 2. The molecule has 1 saturated heterocycles. The van der Waals surface area contributed by atoms with Crippen LogP contribution in [0.3, 0.4) is 0 Å². The maximum atomic E-state index is 12.6. The normalized spacial score (nSPS) is 15.3. The summed E-state index contributed by atoms with van der Waals surface area (Å²) in [5, 5.41) is 3.35. The third-order valence-electron chi connectivity index (χ3n) is 5.35. The van der Waals surface area contributed by atoms with Crippen LogP contribution >= 0.6 is 0 Å². The monoisotopic (exact) mass is 350 g/mol. The summed E-state index contributed by atoms with van der Waals surface area (Å²) < 4.78 is 0. The first-order chi connectivity index (χ1) is 12.6. The zero-order chi connectivity index (χ0) is 18.4. The summed E-state index contributed by atoms with van der Waals surface area (Å²) in [6.45, 7) is 6.50. The fourth-order valence-corrected chi connectivity index (χ4v) is 3.78. The minimum Gasteiger partial charge on any atom is -0.376 e. The van der Waals surface area contributed by atoms with Crippen molar-refractivity contribution in [1.82, 2.24) is 4.90 Å². The van der Waals surface area contributed by atoms with Crippen LogP contribution in [0.25, 0.3) is 0 Å².